The molecule has 3 rings (SSSR count). The molecule has 0 unspecified atom stereocenters. The Kier molecular flexibility index (Phi) is 4.95. The van der Waals surface area contributed by atoms with Crippen LogP contribution in [0.5, 0.6) is 0 Å². The summed E-state index contributed by atoms with van der Waals surface area (Å²) in [5, 5.41) is 6.45. The number of hydrogen-bond acceptors (Lipinski definition) is 2. The monoisotopic (exact) mass is 343 g/mol. The quantitative estimate of drug-likeness (QED) is 0.893. The Labute approximate surface area is 148 Å². The molecule has 1 saturated heterocycles. The van der Waals surface area contributed by atoms with Gasteiger partial charge in [0.2, 0.25) is 5.91 Å². The van der Waals surface area contributed by atoms with E-state index in [1.165, 1.54) is 11.6 Å². The van der Waals surface area contributed by atoms with E-state index in [1.54, 1.807) is 18.2 Å². The van der Waals surface area contributed by atoms with Crippen molar-refractivity contribution in [2.75, 3.05) is 0 Å². The number of hydrogen-bond donors (Lipinski definition) is 2. The Bertz CT molecular complexity index is 747. The topological polar surface area (TPSA) is 46.1 Å². The Morgan fingerprint density at radius 3 is 2.72 bits per heavy atom. The van der Waals surface area contributed by atoms with Crippen LogP contribution in [-0.4, -0.2) is 16.5 Å². The molecule has 0 aliphatic carbocycles. The van der Waals surface area contributed by atoms with Gasteiger partial charge in [-0.15, -0.1) is 0 Å². The number of carbonyl (C=O) groups is 1. The summed E-state index contributed by atoms with van der Waals surface area (Å²) in [5.74, 6) is -0.300. The van der Waals surface area contributed by atoms with Gasteiger partial charge >= 0.3 is 0 Å². The summed E-state index contributed by atoms with van der Waals surface area (Å²) < 4.78 is 16.4. The zero-order valence-corrected chi connectivity index (χ0v) is 15.1. The second-order valence-electron chi connectivity index (χ2n) is 7.69. The molecule has 0 saturated carbocycles. The van der Waals surface area contributed by atoms with Gasteiger partial charge in [-0.2, -0.15) is 0 Å². The largest absolute Gasteiger partial charge is 0.349 e. The van der Waals surface area contributed by atoms with E-state index in [-0.39, 0.29) is 29.3 Å². The zero-order valence-electron chi connectivity index (χ0n) is 15.1. The molecule has 0 bridgehead atoms. The lowest BCUT2D eigenvalue weighted by Gasteiger charge is -2.33. The van der Waals surface area contributed by atoms with Crippen LogP contribution in [0.3, 0.4) is 0 Å². The van der Waals surface area contributed by atoms with Crippen LogP contribution in [0.1, 0.15) is 50.8 Å². The molecule has 5 heteroatoms. The minimum atomic E-state index is -0.341. The minimum Gasteiger partial charge on any atom is -0.349 e. The van der Waals surface area contributed by atoms with Crippen LogP contribution in [-0.2, 0) is 16.9 Å². The van der Waals surface area contributed by atoms with Gasteiger partial charge in [-0.1, -0.05) is 18.2 Å². The summed E-state index contributed by atoms with van der Waals surface area (Å²) in [6, 6.07) is 8.42. The van der Waals surface area contributed by atoms with Crippen molar-refractivity contribution in [3.63, 3.8) is 0 Å². The van der Waals surface area contributed by atoms with Gasteiger partial charge < -0.3 is 15.2 Å². The first-order valence-electron chi connectivity index (χ1n) is 8.79. The normalized spacial score (nSPS) is 21.2. The van der Waals surface area contributed by atoms with Crippen molar-refractivity contribution in [1.29, 1.82) is 0 Å². The molecule has 0 spiro atoms. The first-order chi connectivity index (χ1) is 11.8. The van der Waals surface area contributed by atoms with Crippen molar-refractivity contribution >= 4 is 5.91 Å². The molecule has 25 heavy (non-hydrogen) atoms. The fraction of sp³-hybridized carbons (Fsp3) is 0.450. The third-order valence-corrected chi connectivity index (χ3v) is 4.74. The fourth-order valence-corrected chi connectivity index (χ4v) is 3.25. The number of amides is 1. The summed E-state index contributed by atoms with van der Waals surface area (Å²) in [5.41, 5.74) is 1.77. The molecule has 2 N–H and O–H groups in total. The molecule has 134 valence electrons. The average molecular weight is 343 g/mol. The van der Waals surface area contributed by atoms with E-state index in [9.17, 15) is 9.18 Å². The van der Waals surface area contributed by atoms with Crippen LogP contribution in [0.2, 0.25) is 0 Å². The van der Waals surface area contributed by atoms with Crippen molar-refractivity contribution in [1.82, 2.24) is 15.2 Å². The van der Waals surface area contributed by atoms with Crippen molar-refractivity contribution < 1.29 is 9.18 Å². The molecule has 1 aliphatic heterocycles. The molecule has 2 heterocycles. The molecular formula is C20H26FN3O. The van der Waals surface area contributed by atoms with Crippen molar-refractivity contribution in [3.05, 3.63) is 59.7 Å². The van der Waals surface area contributed by atoms with E-state index in [0.29, 0.717) is 24.9 Å². The Balaban J connectivity index is 1.72. The van der Waals surface area contributed by atoms with Gasteiger partial charge in [0.15, 0.2) is 0 Å². The number of carbonyl (C=O) groups excluding carboxylic acids is 1. The summed E-state index contributed by atoms with van der Waals surface area (Å²) in [6.07, 6.45) is 5.37. The molecule has 1 aliphatic rings. The number of benzene rings is 1. The number of nitrogens with zero attached hydrogens (tertiary/aromatic N) is 1. The molecule has 0 radical (unpaired) electrons. The Morgan fingerprint density at radius 2 is 2.04 bits per heavy atom. The standard InChI is InChI=1S/C20H26FN3O/c1-20(2,3)24-11-10-14(13-24)12-22-17-8-9-18(25)23-19(17)15-6-4-5-7-16(15)21/h4-7,10-11,13,17,19,22H,8-9,12H2,1-3H3,(H,23,25)/t17-,19+/m1/s1. The van der Waals surface area contributed by atoms with Gasteiger partial charge in [-0.25, -0.2) is 4.39 Å². The predicted octanol–water partition coefficient (Wildman–Crippen LogP) is 3.49. The fourth-order valence-electron chi connectivity index (χ4n) is 3.25. The molecule has 2 aromatic rings. The summed E-state index contributed by atoms with van der Waals surface area (Å²) in [4.78, 5) is 11.8. The van der Waals surface area contributed by atoms with Crippen LogP contribution in [0.15, 0.2) is 42.7 Å². The van der Waals surface area contributed by atoms with Gasteiger partial charge in [0.1, 0.15) is 5.82 Å². The van der Waals surface area contributed by atoms with E-state index in [2.05, 4.69) is 54.4 Å². The summed E-state index contributed by atoms with van der Waals surface area (Å²) in [6.45, 7) is 7.17. The second-order valence-corrected chi connectivity index (χ2v) is 7.69. The zero-order chi connectivity index (χ0) is 18.0. The second kappa shape index (κ2) is 7.00. The molecular weight excluding hydrogens is 317 g/mol. The number of piperidine rings is 1. The smallest absolute Gasteiger partial charge is 0.220 e. The Morgan fingerprint density at radius 1 is 1.28 bits per heavy atom. The molecule has 4 nitrogen and oxygen atoms in total. The number of aromatic nitrogens is 1. The van der Waals surface area contributed by atoms with Gasteiger partial charge in [0.25, 0.3) is 0 Å². The third-order valence-electron chi connectivity index (χ3n) is 4.74. The SMILES string of the molecule is CC(C)(C)n1ccc(CN[C@@H]2CCC(=O)N[C@H]2c2ccccc2F)c1. The van der Waals surface area contributed by atoms with Crippen molar-refractivity contribution in [3.8, 4) is 0 Å². The third kappa shape index (κ3) is 4.10. The first kappa shape index (κ1) is 17.7. The maximum absolute atomic E-state index is 14.2. The highest BCUT2D eigenvalue weighted by Gasteiger charge is 2.31. The summed E-state index contributed by atoms with van der Waals surface area (Å²) >= 11 is 0. The maximum Gasteiger partial charge on any atom is 0.220 e. The van der Waals surface area contributed by atoms with Gasteiger partial charge in [0.05, 0.1) is 6.04 Å². The van der Waals surface area contributed by atoms with E-state index < -0.39 is 0 Å². The molecule has 1 aromatic carbocycles. The van der Waals surface area contributed by atoms with Crippen molar-refractivity contribution in [2.45, 2.75) is 57.8 Å². The highest BCUT2D eigenvalue weighted by molar-refractivity contribution is 5.77. The van der Waals surface area contributed by atoms with Gasteiger partial charge in [0, 0.05) is 42.5 Å². The summed E-state index contributed by atoms with van der Waals surface area (Å²) in [7, 11) is 0. The lowest BCUT2D eigenvalue weighted by atomic mass is 9.91. The van der Waals surface area contributed by atoms with E-state index in [1.807, 2.05) is 0 Å². The predicted molar refractivity (Wildman–Crippen MR) is 96.6 cm³/mol. The number of nitrogens with one attached hydrogen (secondary N) is 2. The van der Waals surface area contributed by atoms with E-state index in [4.69, 9.17) is 0 Å². The molecule has 1 amide bonds. The highest BCUT2D eigenvalue weighted by atomic mass is 19.1. The molecule has 1 aromatic heterocycles. The van der Waals surface area contributed by atoms with E-state index >= 15 is 0 Å². The van der Waals surface area contributed by atoms with Gasteiger partial charge in [-0.3, -0.25) is 4.79 Å². The van der Waals surface area contributed by atoms with Crippen LogP contribution < -0.4 is 10.6 Å². The van der Waals surface area contributed by atoms with Crippen molar-refractivity contribution in [2.24, 2.45) is 0 Å². The number of halogens is 1. The lowest BCUT2D eigenvalue weighted by Crippen LogP contribution is -2.48. The maximum atomic E-state index is 14.2. The van der Waals surface area contributed by atoms with E-state index in [0.717, 1.165) is 0 Å². The Hall–Kier alpha value is -2.14. The molecule has 2 atom stereocenters. The van der Waals surface area contributed by atoms with Crippen LogP contribution in [0, 0.1) is 5.82 Å². The first-order valence-corrected chi connectivity index (χ1v) is 8.79. The highest BCUT2D eigenvalue weighted by Crippen LogP contribution is 2.26. The lowest BCUT2D eigenvalue weighted by molar-refractivity contribution is -0.123. The van der Waals surface area contributed by atoms with Gasteiger partial charge in [-0.05, 0) is 44.9 Å². The molecule has 1 fully saturated rings. The minimum absolute atomic E-state index is 0.00702. The average Bonchev–Trinajstić information content (AvgIpc) is 3.03. The van der Waals surface area contributed by atoms with Crippen LogP contribution >= 0.6 is 0 Å². The van der Waals surface area contributed by atoms with Crippen LogP contribution in [0.4, 0.5) is 4.39 Å². The number of rotatable bonds is 4. The van der Waals surface area contributed by atoms with Crippen LogP contribution in [0.25, 0.3) is 0 Å².